The molecule has 0 fully saturated rings. The van der Waals surface area contributed by atoms with Crippen molar-refractivity contribution in [1.29, 1.82) is 0 Å². The van der Waals surface area contributed by atoms with Crippen LogP contribution in [0.2, 0.25) is 0 Å². The first-order valence-electron chi connectivity index (χ1n) is 6.98. The number of fused-ring (bicyclic) bond motifs is 1. The van der Waals surface area contributed by atoms with E-state index in [-0.39, 0.29) is 0 Å². The van der Waals surface area contributed by atoms with Crippen molar-refractivity contribution in [2.24, 2.45) is 0 Å². The summed E-state index contributed by atoms with van der Waals surface area (Å²) in [7, 11) is 0. The molecule has 0 atom stereocenters. The first-order chi connectivity index (χ1) is 9.72. The van der Waals surface area contributed by atoms with Crippen molar-refractivity contribution in [2.75, 3.05) is 0 Å². The normalized spacial score (nSPS) is 10.9. The molecule has 1 aromatic heterocycles. The molecule has 0 radical (unpaired) electrons. The summed E-state index contributed by atoms with van der Waals surface area (Å²) in [5, 5.41) is 1.13. The number of furan rings is 1. The molecule has 100 valence electrons. The van der Waals surface area contributed by atoms with Crippen molar-refractivity contribution in [1.82, 2.24) is 0 Å². The zero-order valence-corrected chi connectivity index (χ0v) is 11.9. The molecule has 3 aromatic rings. The summed E-state index contributed by atoms with van der Waals surface area (Å²) in [6, 6.07) is 15.1. The molecular weight excluding hydrogens is 244 g/mol. The topological polar surface area (TPSA) is 13.1 Å². The highest BCUT2D eigenvalue weighted by Gasteiger charge is 2.09. The van der Waals surface area contributed by atoms with Crippen molar-refractivity contribution in [3.8, 4) is 11.1 Å². The Hall–Kier alpha value is -2.28. The summed E-state index contributed by atoms with van der Waals surface area (Å²) >= 11 is 0. The van der Waals surface area contributed by atoms with Gasteiger partial charge in [0.2, 0.25) is 0 Å². The molecule has 20 heavy (non-hydrogen) atoms. The molecule has 0 bridgehead atoms. The molecule has 0 amide bonds. The highest BCUT2D eigenvalue weighted by atomic mass is 16.3. The van der Waals surface area contributed by atoms with Crippen LogP contribution in [0.3, 0.4) is 0 Å². The van der Waals surface area contributed by atoms with E-state index in [1.165, 1.54) is 16.7 Å². The molecule has 1 heterocycles. The summed E-state index contributed by atoms with van der Waals surface area (Å²) < 4.78 is 5.75. The van der Waals surface area contributed by atoms with E-state index in [0.717, 1.165) is 28.7 Å². The molecule has 0 N–H and O–H groups in total. The van der Waals surface area contributed by atoms with Crippen LogP contribution in [0.25, 0.3) is 28.2 Å². The maximum atomic E-state index is 5.75. The predicted molar refractivity (Wildman–Crippen MR) is 85.9 cm³/mol. The number of benzene rings is 2. The lowest BCUT2D eigenvalue weighted by atomic mass is 10.0. The Morgan fingerprint density at radius 1 is 1.05 bits per heavy atom. The maximum Gasteiger partial charge on any atom is 0.134 e. The third kappa shape index (κ3) is 2.05. The van der Waals surface area contributed by atoms with Crippen molar-refractivity contribution in [2.45, 2.75) is 20.3 Å². The molecule has 0 aliphatic rings. The Morgan fingerprint density at radius 2 is 1.75 bits per heavy atom. The Morgan fingerprint density at radius 3 is 2.40 bits per heavy atom. The summed E-state index contributed by atoms with van der Waals surface area (Å²) in [6.45, 7) is 8.03. The van der Waals surface area contributed by atoms with Crippen LogP contribution in [0.1, 0.15) is 23.8 Å². The second-order valence-electron chi connectivity index (χ2n) is 5.04. The third-order valence-corrected chi connectivity index (χ3v) is 3.81. The van der Waals surface area contributed by atoms with Crippen LogP contribution in [0.15, 0.2) is 53.5 Å². The fraction of sp³-hybridized carbons (Fsp3) is 0.158. The summed E-state index contributed by atoms with van der Waals surface area (Å²) in [6.07, 6.45) is 2.94. The number of hydrogen-bond donors (Lipinski definition) is 0. The second-order valence-corrected chi connectivity index (χ2v) is 5.04. The van der Waals surface area contributed by atoms with Crippen LogP contribution in [-0.4, -0.2) is 0 Å². The van der Waals surface area contributed by atoms with Gasteiger partial charge in [-0.1, -0.05) is 49.9 Å². The van der Waals surface area contributed by atoms with Gasteiger partial charge < -0.3 is 4.42 Å². The van der Waals surface area contributed by atoms with Crippen molar-refractivity contribution in [3.63, 3.8) is 0 Å². The molecule has 0 saturated carbocycles. The zero-order valence-electron chi connectivity index (χ0n) is 11.9. The lowest BCUT2D eigenvalue weighted by Crippen LogP contribution is -1.82. The number of hydrogen-bond acceptors (Lipinski definition) is 1. The van der Waals surface area contributed by atoms with E-state index in [2.05, 4.69) is 49.9 Å². The van der Waals surface area contributed by atoms with E-state index >= 15 is 0 Å². The Labute approximate surface area is 119 Å². The molecule has 0 unspecified atom stereocenters. The van der Waals surface area contributed by atoms with E-state index in [1.54, 1.807) is 0 Å². The lowest BCUT2D eigenvalue weighted by molar-refractivity contribution is 0.577. The molecule has 0 aliphatic carbocycles. The third-order valence-electron chi connectivity index (χ3n) is 3.81. The van der Waals surface area contributed by atoms with Gasteiger partial charge in [-0.2, -0.15) is 0 Å². The molecule has 1 nitrogen and oxygen atoms in total. The molecule has 0 aliphatic heterocycles. The van der Waals surface area contributed by atoms with Crippen LogP contribution in [0, 0.1) is 6.92 Å². The average Bonchev–Trinajstić information content (AvgIpc) is 2.81. The van der Waals surface area contributed by atoms with E-state index in [9.17, 15) is 0 Å². The Bertz CT molecular complexity index is 760. The molecule has 0 spiro atoms. The minimum atomic E-state index is 0.923. The smallest absolute Gasteiger partial charge is 0.134 e. The van der Waals surface area contributed by atoms with E-state index in [4.69, 9.17) is 4.42 Å². The first-order valence-corrected chi connectivity index (χ1v) is 6.98. The van der Waals surface area contributed by atoms with Crippen LogP contribution < -0.4 is 0 Å². The Balaban J connectivity index is 2.13. The largest absolute Gasteiger partial charge is 0.461 e. The maximum absolute atomic E-state index is 5.75. The van der Waals surface area contributed by atoms with Crippen LogP contribution >= 0.6 is 0 Å². The van der Waals surface area contributed by atoms with Gasteiger partial charge in [0, 0.05) is 10.9 Å². The van der Waals surface area contributed by atoms with Gasteiger partial charge in [-0.25, -0.2) is 0 Å². The standard InChI is InChI=1S/C19H18O/c1-4-14-6-8-15(9-7-14)16-10-11-19-18(12-16)17(5-2)13(3)20-19/h5-12H,2,4H2,1,3H3. The Kier molecular flexibility index (Phi) is 3.19. The van der Waals surface area contributed by atoms with Crippen molar-refractivity contribution in [3.05, 3.63) is 65.9 Å². The quantitative estimate of drug-likeness (QED) is 0.597. The van der Waals surface area contributed by atoms with Gasteiger partial charge >= 0.3 is 0 Å². The fourth-order valence-corrected chi connectivity index (χ4v) is 2.61. The molecule has 1 heteroatoms. The van der Waals surface area contributed by atoms with Gasteiger partial charge in [0.15, 0.2) is 0 Å². The minimum Gasteiger partial charge on any atom is -0.461 e. The van der Waals surface area contributed by atoms with Crippen LogP contribution in [0.4, 0.5) is 0 Å². The molecule has 0 saturated heterocycles. The van der Waals surface area contributed by atoms with Gasteiger partial charge in [0.1, 0.15) is 11.3 Å². The monoisotopic (exact) mass is 262 g/mol. The lowest BCUT2D eigenvalue weighted by Gasteiger charge is -2.03. The molecule has 3 rings (SSSR count). The van der Waals surface area contributed by atoms with E-state index in [1.807, 2.05) is 19.1 Å². The SMILES string of the molecule is C=Cc1c(C)oc2ccc(-c3ccc(CC)cc3)cc12. The molecular formula is C19H18O. The number of aryl methyl sites for hydroxylation is 2. The first kappa shape index (κ1) is 12.7. The van der Waals surface area contributed by atoms with E-state index in [0.29, 0.717) is 0 Å². The fourth-order valence-electron chi connectivity index (χ4n) is 2.61. The summed E-state index contributed by atoms with van der Waals surface area (Å²) in [4.78, 5) is 0. The highest BCUT2D eigenvalue weighted by molar-refractivity contribution is 5.91. The zero-order chi connectivity index (χ0) is 14.1. The van der Waals surface area contributed by atoms with E-state index < -0.39 is 0 Å². The van der Waals surface area contributed by atoms with Crippen molar-refractivity contribution < 1.29 is 4.42 Å². The number of rotatable bonds is 3. The van der Waals surface area contributed by atoms with Crippen molar-refractivity contribution >= 4 is 17.0 Å². The van der Waals surface area contributed by atoms with Crippen LogP contribution in [0.5, 0.6) is 0 Å². The van der Waals surface area contributed by atoms with Crippen LogP contribution in [-0.2, 0) is 6.42 Å². The average molecular weight is 262 g/mol. The summed E-state index contributed by atoms with van der Waals surface area (Å²) in [5.74, 6) is 0.925. The summed E-state index contributed by atoms with van der Waals surface area (Å²) in [5.41, 5.74) is 5.82. The van der Waals surface area contributed by atoms with Gasteiger partial charge in [-0.15, -0.1) is 0 Å². The highest BCUT2D eigenvalue weighted by Crippen LogP contribution is 2.31. The van der Waals surface area contributed by atoms with Gasteiger partial charge in [-0.05, 0) is 42.2 Å². The predicted octanol–water partition coefficient (Wildman–Crippen LogP) is 5.61. The van der Waals surface area contributed by atoms with Gasteiger partial charge in [-0.3, -0.25) is 0 Å². The van der Waals surface area contributed by atoms with Gasteiger partial charge in [0.25, 0.3) is 0 Å². The molecule has 2 aromatic carbocycles. The second kappa shape index (κ2) is 5.01. The minimum absolute atomic E-state index is 0.923. The van der Waals surface area contributed by atoms with Gasteiger partial charge in [0.05, 0.1) is 0 Å².